The first-order valence-electron chi connectivity index (χ1n) is 16.0. The van der Waals surface area contributed by atoms with E-state index in [-0.39, 0.29) is 29.4 Å². The van der Waals surface area contributed by atoms with E-state index in [9.17, 15) is 19.2 Å². The number of carbonyl (C=O) groups is 4. The molecule has 6 nitrogen and oxygen atoms in total. The van der Waals surface area contributed by atoms with E-state index in [1.54, 1.807) is 6.92 Å². The first-order chi connectivity index (χ1) is 20.1. The Morgan fingerprint density at radius 1 is 1.02 bits per heavy atom. The van der Waals surface area contributed by atoms with E-state index in [1.165, 1.54) is 34.9 Å². The van der Waals surface area contributed by atoms with E-state index in [4.69, 9.17) is 4.74 Å². The standard InChI is InChI=1S/C36H47NO5/c1-24(39)36(42-25(2)40)19-18-33-31-16-12-27-22-29(41)15-17-30(27)34(31)32(23-35(33,36)3)26-10-13-28(14-11-26)37(4)20-8-6-5-7-9-21-38/h10-11,13-14,21-22,31-33H,5-9,12,15-20,23H2,1-4H3. The fourth-order valence-electron chi connectivity index (χ4n) is 9.03. The molecule has 0 N–H and O–H groups in total. The van der Waals surface area contributed by atoms with E-state index in [0.29, 0.717) is 25.2 Å². The summed E-state index contributed by atoms with van der Waals surface area (Å²) in [6.45, 7) is 6.19. The van der Waals surface area contributed by atoms with Gasteiger partial charge in [-0.05, 0) is 105 Å². The third kappa shape index (κ3) is 5.42. The number of esters is 1. The summed E-state index contributed by atoms with van der Waals surface area (Å²) in [6.07, 6.45) is 13.2. The predicted octanol–water partition coefficient (Wildman–Crippen LogP) is 7.06. The molecule has 0 bridgehead atoms. The largest absolute Gasteiger partial charge is 0.451 e. The number of benzene rings is 1. The van der Waals surface area contributed by atoms with Crippen molar-refractivity contribution in [3.8, 4) is 0 Å². The Kier molecular flexibility index (Phi) is 8.91. The fraction of sp³-hybridized carbons (Fsp3) is 0.611. The quantitative estimate of drug-likeness (QED) is 0.160. The van der Waals surface area contributed by atoms with Crippen molar-refractivity contribution in [3.05, 3.63) is 52.6 Å². The Hall–Kier alpha value is -3.02. The number of rotatable bonds is 11. The van der Waals surface area contributed by atoms with E-state index >= 15 is 0 Å². The molecule has 0 heterocycles. The van der Waals surface area contributed by atoms with Crippen LogP contribution in [0.15, 0.2) is 47.1 Å². The predicted molar refractivity (Wildman–Crippen MR) is 164 cm³/mol. The maximum atomic E-state index is 13.4. The monoisotopic (exact) mass is 573 g/mol. The molecule has 4 aliphatic rings. The van der Waals surface area contributed by atoms with Gasteiger partial charge in [0.2, 0.25) is 0 Å². The van der Waals surface area contributed by atoms with Crippen molar-refractivity contribution < 1.29 is 23.9 Å². The second-order valence-electron chi connectivity index (χ2n) is 13.4. The Labute approximate surface area is 250 Å². The molecule has 0 spiro atoms. The highest BCUT2D eigenvalue weighted by Gasteiger charge is 2.67. The number of hydrogen-bond acceptors (Lipinski definition) is 6. The first-order valence-corrected chi connectivity index (χ1v) is 16.0. The third-order valence-corrected chi connectivity index (χ3v) is 11.0. The van der Waals surface area contributed by atoms with Crippen LogP contribution in [0.4, 0.5) is 5.69 Å². The van der Waals surface area contributed by atoms with Crippen molar-refractivity contribution in [2.75, 3.05) is 18.5 Å². The Morgan fingerprint density at radius 3 is 2.45 bits per heavy atom. The summed E-state index contributed by atoms with van der Waals surface area (Å²) >= 11 is 0. The zero-order chi connectivity index (χ0) is 30.1. The van der Waals surface area contributed by atoms with Crippen LogP contribution in [0.5, 0.6) is 0 Å². The van der Waals surface area contributed by atoms with Gasteiger partial charge < -0.3 is 14.4 Å². The fourth-order valence-corrected chi connectivity index (χ4v) is 9.03. The van der Waals surface area contributed by atoms with Crippen LogP contribution in [0.1, 0.15) is 109 Å². The maximum absolute atomic E-state index is 13.4. The highest BCUT2D eigenvalue weighted by Crippen LogP contribution is 2.67. The van der Waals surface area contributed by atoms with Gasteiger partial charge in [0.1, 0.15) is 6.29 Å². The Morgan fingerprint density at radius 2 is 1.76 bits per heavy atom. The molecule has 4 aliphatic carbocycles. The Balaban J connectivity index is 1.48. The van der Waals surface area contributed by atoms with Crippen LogP contribution in [0.2, 0.25) is 0 Å². The van der Waals surface area contributed by atoms with Gasteiger partial charge in [0.05, 0.1) is 0 Å². The molecule has 2 fully saturated rings. The van der Waals surface area contributed by atoms with Crippen molar-refractivity contribution in [2.45, 2.75) is 109 Å². The van der Waals surface area contributed by atoms with E-state index in [2.05, 4.69) is 43.1 Å². The van der Waals surface area contributed by atoms with E-state index in [1.807, 2.05) is 6.08 Å². The van der Waals surface area contributed by atoms with Crippen LogP contribution in [0.3, 0.4) is 0 Å². The molecule has 226 valence electrons. The average Bonchev–Trinajstić information content (AvgIpc) is 3.26. The van der Waals surface area contributed by atoms with Gasteiger partial charge in [-0.25, -0.2) is 0 Å². The zero-order valence-corrected chi connectivity index (χ0v) is 25.9. The van der Waals surface area contributed by atoms with Gasteiger partial charge in [-0.1, -0.05) is 37.5 Å². The van der Waals surface area contributed by atoms with Crippen LogP contribution in [-0.2, 0) is 23.9 Å². The molecular weight excluding hydrogens is 526 g/mol. The number of allylic oxidation sites excluding steroid dienone is 4. The van der Waals surface area contributed by atoms with Gasteiger partial charge in [0.15, 0.2) is 17.2 Å². The summed E-state index contributed by atoms with van der Waals surface area (Å²) in [5.74, 6) is 0.479. The molecule has 42 heavy (non-hydrogen) atoms. The number of Topliss-reactive ketones (excluding diaryl/α,β-unsaturated/α-hetero) is 1. The summed E-state index contributed by atoms with van der Waals surface area (Å²) in [4.78, 5) is 50.9. The topological polar surface area (TPSA) is 80.8 Å². The van der Waals surface area contributed by atoms with Crippen molar-refractivity contribution >= 4 is 29.5 Å². The van der Waals surface area contributed by atoms with Gasteiger partial charge in [0, 0.05) is 50.4 Å². The summed E-state index contributed by atoms with van der Waals surface area (Å²) in [7, 11) is 2.13. The second-order valence-corrected chi connectivity index (χ2v) is 13.4. The SMILES string of the molecule is CC(=O)OC1(C(C)=O)CCC2C3CCC4=CC(=O)CCC4=C3C(c3ccc(N(C)CCCCCCC=O)cc3)CC21C. The second kappa shape index (κ2) is 12.3. The van der Waals surface area contributed by atoms with Gasteiger partial charge in [-0.3, -0.25) is 14.4 Å². The smallest absolute Gasteiger partial charge is 0.303 e. The summed E-state index contributed by atoms with van der Waals surface area (Å²) < 4.78 is 6.05. The lowest BCUT2D eigenvalue weighted by Crippen LogP contribution is -2.57. The third-order valence-electron chi connectivity index (χ3n) is 11.0. The average molecular weight is 574 g/mol. The number of nitrogens with zero attached hydrogens (tertiary/aromatic N) is 1. The van der Waals surface area contributed by atoms with Gasteiger partial charge in [-0.2, -0.15) is 0 Å². The molecule has 0 aliphatic heterocycles. The van der Waals surface area contributed by atoms with Crippen molar-refractivity contribution in [1.82, 2.24) is 0 Å². The first kappa shape index (κ1) is 30.4. The molecular formula is C36H47NO5. The van der Waals surface area contributed by atoms with Crippen molar-refractivity contribution in [3.63, 3.8) is 0 Å². The minimum absolute atomic E-state index is 0.0413. The number of hydrogen-bond donors (Lipinski definition) is 0. The highest BCUT2D eigenvalue weighted by atomic mass is 16.6. The van der Waals surface area contributed by atoms with Gasteiger partial charge >= 0.3 is 5.97 Å². The summed E-state index contributed by atoms with van der Waals surface area (Å²) in [6, 6.07) is 8.91. The lowest BCUT2D eigenvalue weighted by atomic mass is 9.50. The number of ketones is 2. The lowest BCUT2D eigenvalue weighted by Gasteiger charge is -2.55. The highest BCUT2D eigenvalue weighted by molar-refractivity contribution is 5.93. The molecule has 5 rings (SSSR count). The molecule has 1 aromatic carbocycles. The minimum Gasteiger partial charge on any atom is -0.451 e. The Bertz CT molecular complexity index is 1290. The number of ether oxygens (including phenoxy) is 1. The summed E-state index contributed by atoms with van der Waals surface area (Å²) in [5, 5.41) is 0. The van der Waals surface area contributed by atoms with Gasteiger partial charge in [0.25, 0.3) is 0 Å². The number of anilines is 1. The zero-order valence-electron chi connectivity index (χ0n) is 25.9. The minimum atomic E-state index is -1.09. The van der Waals surface area contributed by atoms with Crippen LogP contribution in [0, 0.1) is 17.3 Å². The molecule has 0 aromatic heterocycles. The van der Waals surface area contributed by atoms with Crippen LogP contribution in [0.25, 0.3) is 0 Å². The molecule has 0 saturated heterocycles. The lowest BCUT2D eigenvalue weighted by molar-refractivity contribution is -0.182. The molecule has 1 aromatic rings. The number of fused-ring (bicyclic) bond motifs is 4. The van der Waals surface area contributed by atoms with Crippen LogP contribution in [-0.4, -0.2) is 43.0 Å². The molecule has 6 heteroatoms. The molecule has 2 saturated carbocycles. The van der Waals surface area contributed by atoms with E-state index < -0.39 is 11.0 Å². The number of carbonyl (C=O) groups excluding carboxylic acids is 4. The van der Waals surface area contributed by atoms with Crippen molar-refractivity contribution in [1.29, 1.82) is 0 Å². The molecule has 0 radical (unpaired) electrons. The van der Waals surface area contributed by atoms with Crippen LogP contribution < -0.4 is 4.90 Å². The molecule has 5 atom stereocenters. The normalized spacial score (nSPS) is 30.1. The molecule has 5 unspecified atom stereocenters. The molecule has 0 amide bonds. The van der Waals surface area contributed by atoms with Crippen LogP contribution >= 0.6 is 0 Å². The number of aldehydes is 1. The summed E-state index contributed by atoms with van der Waals surface area (Å²) in [5.41, 5.74) is 4.91. The van der Waals surface area contributed by atoms with Gasteiger partial charge in [-0.15, -0.1) is 0 Å². The van der Waals surface area contributed by atoms with Crippen molar-refractivity contribution in [2.24, 2.45) is 17.3 Å². The van der Waals surface area contributed by atoms with E-state index in [0.717, 1.165) is 70.6 Å². The number of unbranched alkanes of at least 4 members (excludes halogenated alkanes) is 4. The maximum Gasteiger partial charge on any atom is 0.303 e.